The molecule has 2 aliphatic rings. The van der Waals surface area contributed by atoms with Crippen molar-refractivity contribution in [1.82, 2.24) is 15.1 Å². The van der Waals surface area contributed by atoms with Crippen LogP contribution in [0.25, 0.3) is 0 Å². The molecule has 0 aromatic carbocycles. The van der Waals surface area contributed by atoms with E-state index in [1.54, 1.807) is 0 Å². The maximum Gasteiger partial charge on any atom is 0.243 e. The Hall–Kier alpha value is -0.870. The first-order valence-electron chi connectivity index (χ1n) is 8.57. The summed E-state index contributed by atoms with van der Waals surface area (Å²) < 4.78 is 0. The highest BCUT2D eigenvalue weighted by Crippen LogP contribution is 2.24. The molecular formula is C17H31N3O. The van der Waals surface area contributed by atoms with Crippen molar-refractivity contribution in [3.63, 3.8) is 0 Å². The summed E-state index contributed by atoms with van der Waals surface area (Å²) in [6.45, 7) is 9.48. The van der Waals surface area contributed by atoms with E-state index in [9.17, 15) is 4.79 Å². The van der Waals surface area contributed by atoms with Crippen LogP contribution in [-0.2, 0) is 4.79 Å². The minimum atomic E-state index is -0.0369. The fraction of sp³-hybridized carbons (Fsp3) is 0.824. The number of likely N-dealkylation sites (N-methyl/N-ethyl adjacent to an activating group) is 2. The highest BCUT2D eigenvalue weighted by atomic mass is 16.2. The van der Waals surface area contributed by atoms with Gasteiger partial charge in [-0.1, -0.05) is 26.3 Å². The van der Waals surface area contributed by atoms with Gasteiger partial charge in [-0.3, -0.25) is 9.69 Å². The predicted molar refractivity (Wildman–Crippen MR) is 87.1 cm³/mol. The van der Waals surface area contributed by atoms with Crippen LogP contribution in [0.3, 0.4) is 0 Å². The molecule has 2 saturated heterocycles. The van der Waals surface area contributed by atoms with Gasteiger partial charge in [0, 0.05) is 18.3 Å². The number of likely N-dealkylation sites (tertiary alicyclic amines) is 2. The number of hydrogen-bond acceptors (Lipinski definition) is 3. The van der Waals surface area contributed by atoms with Crippen molar-refractivity contribution >= 4 is 5.91 Å². The first-order chi connectivity index (χ1) is 10.2. The summed E-state index contributed by atoms with van der Waals surface area (Å²) in [5, 5.41) is 3.17. The van der Waals surface area contributed by atoms with Crippen LogP contribution in [0.15, 0.2) is 12.3 Å². The third-order valence-corrected chi connectivity index (χ3v) is 5.05. The molecule has 0 spiro atoms. The van der Waals surface area contributed by atoms with Crippen LogP contribution in [0, 0.1) is 0 Å². The summed E-state index contributed by atoms with van der Waals surface area (Å²) in [5.41, 5.74) is 1.01. The Bertz CT molecular complexity index is 369. The van der Waals surface area contributed by atoms with Crippen LogP contribution in [0.2, 0.25) is 0 Å². The fourth-order valence-electron chi connectivity index (χ4n) is 3.67. The van der Waals surface area contributed by atoms with Crippen molar-refractivity contribution in [2.75, 3.05) is 26.7 Å². The molecule has 0 aromatic rings. The molecule has 4 heteroatoms. The van der Waals surface area contributed by atoms with E-state index in [1.165, 1.54) is 32.2 Å². The highest BCUT2D eigenvalue weighted by Gasteiger charge is 2.31. The van der Waals surface area contributed by atoms with E-state index in [2.05, 4.69) is 23.7 Å². The van der Waals surface area contributed by atoms with Crippen LogP contribution in [0.5, 0.6) is 0 Å². The topological polar surface area (TPSA) is 35.6 Å². The van der Waals surface area contributed by atoms with E-state index in [0.717, 1.165) is 38.0 Å². The van der Waals surface area contributed by atoms with Crippen LogP contribution in [0.1, 0.15) is 51.9 Å². The molecule has 1 amide bonds. The average molecular weight is 293 g/mol. The second-order valence-corrected chi connectivity index (χ2v) is 6.38. The summed E-state index contributed by atoms with van der Waals surface area (Å²) in [4.78, 5) is 17.3. The van der Waals surface area contributed by atoms with E-state index in [-0.39, 0.29) is 11.9 Å². The number of nitrogens with one attached hydrogen (secondary N) is 1. The zero-order valence-electron chi connectivity index (χ0n) is 13.7. The zero-order chi connectivity index (χ0) is 15.2. The number of nitrogens with zero attached hydrogens (tertiary/aromatic N) is 2. The Balaban J connectivity index is 2.09. The van der Waals surface area contributed by atoms with E-state index in [4.69, 9.17) is 0 Å². The maximum atomic E-state index is 12.7. The van der Waals surface area contributed by atoms with Gasteiger partial charge < -0.3 is 10.2 Å². The molecule has 0 saturated carbocycles. The van der Waals surface area contributed by atoms with Gasteiger partial charge in [-0.25, -0.2) is 0 Å². The molecule has 1 N–H and O–H groups in total. The van der Waals surface area contributed by atoms with Crippen molar-refractivity contribution < 1.29 is 4.79 Å². The molecule has 0 bridgehead atoms. The molecule has 4 nitrogen and oxygen atoms in total. The van der Waals surface area contributed by atoms with Crippen molar-refractivity contribution in [3.05, 3.63) is 12.3 Å². The largest absolute Gasteiger partial charge is 0.314 e. The SMILES string of the molecule is C=C1CCCC(NC)C(=O)N1CC1CCCCCN1CC. The van der Waals surface area contributed by atoms with Gasteiger partial charge in [-0.05, 0) is 52.2 Å². The Labute approximate surface area is 129 Å². The summed E-state index contributed by atoms with van der Waals surface area (Å²) in [6, 6.07) is 0.457. The summed E-state index contributed by atoms with van der Waals surface area (Å²) in [6.07, 6.45) is 8.02. The second-order valence-electron chi connectivity index (χ2n) is 6.38. The normalized spacial score (nSPS) is 29.3. The molecule has 2 atom stereocenters. The minimum Gasteiger partial charge on any atom is -0.314 e. The number of allylic oxidation sites excluding steroid dienone is 1. The zero-order valence-corrected chi connectivity index (χ0v) is 13.7. The Morgan fingerprint density at radius 3 is 2.76 bits per heavy atom. The van der Waals surface area contributed by atoms with Crippen LogP contribution in [-0.4, -0.2) is 54.5 Å². The van der Waals surface area contributed by atoms with E-state index < -0.39 is 0 Å². The molecule has 0 aromatic heterocycles. The molecule has 120 valence electrons. The van der Waals surface area contributed by atoms with Crippen molar-refractivity contribution in [2.24, 2.45) is 0 Å². The monoisotopic (exact) mass is 293 g/mol. The van der Waals surface area contributed by atoms with E-state index in [1.807, 2.05) is 11.9 Å². The quantitative estimate of drug-likeness (QED) is 0.864. The maximum absolute atomic E-state index is 12.7. The van der Waals surface area contributed by atoms with Crippen LogP contribution < -0.4 is 5.32 Å². The third kappa shape index (κ3) is 4.07. The Kier molecular flexibility index (Phi) is 6.24. The summed E-state index contributed by atoms with van der Waals surface area (Å²) >= 11 is 0. The highest BCUT2D eigenvalue weighted by molar-refractivity contribution is 5.83. The minimum absolute atomic E-state index is 0.0369. The lowest BCUT2D eigenvalue weighted by Crippen LogP contribution is -2.49. The molecule has 2 rings (SSSR count). The fourth-order valence-corrected chi connectivity index (χ4v) is 3.67. The van der Waals surface area contributed by atoms with Gasteiger partial charge in [0.25, 0.3) is 0 Å². The summed E-state index contributed by atoms with van der Waals surface area (Å²) in [7, 11) is 1.89. The molecule has 2 fully saturated rings. The summed E-state index contributed by atoms with van der Waals surface area (Å²) in [5.74, 6) is 0.222. The van der Waals surface area contributed by atoms with Gasteiger partial charge in [0.2, 0.25) is 5.91 Å². The van der Waals surface area contributed by atoms with Crippen molar-refractivity contribution in [2.45, 2.75) is 64.0 Å². The van der Waals surface area contributed by atoms with Crippen molar-refractivity contribution in [1.29, 1.82) is 0 Å². The van der Waals surface area contributed by atoms with Gasteiger partial charge in [0.15, 0.2) is 0 Å². The van der Waals surface area contributed by atoms with E-state index >= 15 is 0 Å². The standard InChI is InChI=1S/C17H31N3O/c1-4-19-12-7-5-6-10-15(19)13-20-14(2)9-8-11-16(18-3)17(20)21/h15-16,18H,2,4-13H2,1,3H3. The number of amides is 1. The van der Waals surface area contributed by atoms with Gasteiger partial charge in [0.05, 0.1) is 6.04 Å². The van der Waals surface area contributed by atoms with Gasteiger partial charge in [-0.15, -0.1) is 0 Å². The van der Waals surface area contributed by atoms with Gasteiger partial charge in [0.1, 0.15) is 0 Å². The second kappa shape index (κ2) is 7.95. The molecular weight excluding hydrogens is 262 g/mol. The third-order valence-electron chi connectivity index (χ3n) is 5.05. The first-order valence-corrected chi connectivity index (χ1v) is 8.57. The van der Waals surface area contributed by atoms with Gasteiger partial charge >= 0.3 is 0 Å². The number of rotatable bonds is 4. The average Bonchev–Trinajstić information content (AvgIpc) is 2.79. The molecule has 21 heavy (non-hydrogen) atoms. The lowest BCUT2D eigenvalue weighted by atomic mass is 10.1. The lowest BCUT2D eigenvalue weighted by molar-refractivity contribution is -0.131. The predicted octanol–water partition coefficient (Wildman–Crippen LogP) is 2.37. The number of carbonyl (C=O) groups is 1. The van der Waals surface area contributed by atoms with Crippen LogP contribution >= 0.6 is 0 Å². The number of hydrogen-bond donors (Lipinski definition) is 1. The molecule has 2 heterocycles. The van der Waals surface area contributed by atoms with Crippen LogP contribution in [0.4, 0.5) is 0 Å². The Morgan fingerprint density at radius 1 is 1.24 bits per heavy atom. The number of carbonyl (C=O) groups excluding carboxylic acids is 1. The van der Waals surface area contributed by atoms with Crippen molar-refractivity contribution in [3.8, 4) is 0 Å². The van der Waals surface area contributed by atoms with Gasteiger partial charge in [-0.2, -0.15) is 0 Å². The molecule has 0 radical (unpaired) electrons. The first kappa shape index (κ1) is 16.5. The van der Waals surface area contributed by atoms with E-state index in [0.29, 0.717) is 6.04 Å². The molecule has 2 aliphatic heterocycles. The molecule has 2 unspecified atom stereocenters. The lowest BCUT2D eigenvalue weighted by Gasteiger charge is -2.35. The molecule has 0 aliphatic carbocycles. The Morgan fingerprint density at radius 2 is 2.05 bits per heavy atom. The smallest absolute Gasteiger partial charge is 0.243 e.